The van der Waals surface area contributed by atoms with E-state index in [4.69, 9.17) is 4.74 Å². The first-order chi connectivity index (χ1) is 12.4. The van der Waals surface area contributed by atoms with Gasteiger partial charge in [-0.2, -0.15) is 39.5 Å². The molecule has 0 radical (unpaired) electrons. The third-order valence-corrected chi connectivity index (χ3v) is 3.70. The summed E-state index contributed by atoms with van der Waals surface area (Å²) >= 11 is 1.39. The first-order valence-corrected chi connectivity index (χ1v) is 8.61. The molecule has 0 aliphatic rings. The highest BCUT2D eigenvalue weighted by Gasteiger charge is 2.34. The molecule has 3 rings (SSSR count). The Morgan fingerprint density at radius 1 is 1.31 bits per heavy atom. The summed E-state index contributed by atoms with van der Waals surface area (Å²) in [5, 5.41) is 6.49. The molecule has 0 aliphatic carbocycles. The standard InChI is InChI=1S/C15H12F3N5O2S/c1-26-7-12(24)21-9-2-4-10(5-3-9)25-13-6-11(15(16,17)18)22-14-19-8-20-23(13)14/h2-6,8H,7H2,1H3,(H,21,24). The zero-order chi connectivity index (χ0) is 18.7. The molecular formula is C15H12F3N5O2S. The number of rotatable bonds is 5. The summed E-state index contributed by atoms with van der Waals surface area (Å²) < 4.78 is 45.4. The zero-order valence-electron chi connectivity index (χ0n) is 13.3. The molecule has 2 heterocycles. The van der Waals surface area contributed by atoms with Crippen LogP contribution < -0.4 is 10.1 Å². The van der Waals surface area contributed by atoms with Crippen LogP contribution >= 0.6 is 11.8 Å². The number of aromatic nitrogens is 4. The van der Waals surface area contributed by atoms with Gasteiger partial charge in [0.15, 0.2) is 5.69 Å². The molecule has 1 N–H and O–H groups in total. The fraction of sp³-hybridized carbons (Fsp3) is 0.200. The molecule has 0 saturated heterocycles. The van der Waals surface area contributed by atoms with Gasteiger partial charge in [0, 0.05) is 11.8 Å². The molecule has 1 amide bonds. The van der Waals surface area contributed by atoms with Crippen LogP contribution in [-0.2, 0) is 11.0 Å². The number of nitrogens with zero attached hydrogens (tertiary/aromatic N) is 4. The molecule has 1 aromatic carbocycles. The van der Waals surface area contributed by atoms with Crippen LogP contribution in [-0.4, -0.2) is 37.5 Å². The molecule has 26 heavy (non-hydrogen) atoms. The smallest absolute Gasteiger partial charge is 0.433 e. The second-order valence-corrected chi connectivity index (χ2v) is 5.92. The van der Waals surface area contributed by atoms with Crippen molar-refractivity contribution in [2.45, 2.75) is 6.18 Å². The normalized spacial score (nSPS) is 11.5. The van der Waals surface area contributed by atoms with Gasteiger partial charge in [-0.05, 0) is 30.5 Å². The molecule has 0 spiro atoms. The minimum atomic E-state index is -4.64. The Bertz CT molecular complexity index is 927. The maximum atomic E-state index is 13.0. The second-order valence-electron chi connectivity index (χ2n) is 5.06. The number of fused-ring (bicyclic) bond motifs is 1. The summed E-state index contributed by atoms with van der Waals surface area (Å²) in [6.07, 6.45) is -1.75. The summed E-state index contributed by atoms with van der Waals surface area (Å²) in [6.45, 7) is 0. The Hall–Kier alpha value is -2.82. The molecule has 3 aromatic rings. The fourth-order valence-corrected chi connectivity index (χ4v) is 2.39. The van der Waals surface area contributed by atoms with Gasteiger partial charge in [-0.15, -0.1) is 0 Å². The Labute approximate surface area is 149 Å². The van der Waals surface area contributed by atoms with Crippen LogP contribution in [0.3, 0.4) is 0 Å². The number of nitrogens with one attached hydrogen (secondary N) is 1. The molecule has 0 fully saturated rings. The number of hydrogen-bond donors (Lipinski definition) is 1. The quantitative estimate of drug-likeness (QED) is 0.729. The van der Waals surface area contributed by atoms with Gasteiger partial charge in [0.2, 0.25) is 11.8 Å². The number of amides is 1. The lowest BCUT2D eigenvalue weighted by atomic mass is 10.3. The lowest BCUT2D eigenvalue weighted by molar-refractivity contribution is -0.141. The number of benzene rings is 1. The maximum Gasteiger partial charge on any atom is 0.433 e. The Morgan fingerprint density at radius 2 is 2.04 bits per heavy atom. The predicted molar refractivity (Wildman–Crippen MR) is 89.3 cm³/mol. The van der Waals surface area contributed by atoms with Gasteiger partial charge in [-0.3, -0.25) is 4.79 Å². The van der Waals surface area contributed by atoms with Crippen LogP contribution in [0.2, 0.25) is 0 Å². The number of anilines is 1. The Kier molecular flexibility index (Phi) is 4.98. The van der Waals surface area contributed by atoms with E-state index in [1.54, 1.807) is 12.1 Å². The molecule has 0 bridgehead atoms. The first kappa shape index (κ1) is 18.0. The molecule has 0 saturated carbocycles. The van der Waals surface area contributed by atoms with E-state index in [1.165, 1.54) is 23.9 Å². The van der Waals surface area contributed by atoms with Crippen molar-refractivity contribution in [3.05, 3.63) is 42.4 Å². The fourth-order valence-electron chi connectivity index (χ4n) is 2.06. The Balaban J connectivity index is 1.84. The van der Waals surface area contributed by atoms with Gasteiger partial charge >= 0.3 is 6.18 Å². The van der Waals surface area contributed by atoms with Crippen molar-refractivity contribution in [2.24, 2.45) is 0 Å². The summed E-state index contributed by atoms with van der Waals surface area (Å²) in [5.41, 5.74) is -0.582. The zero-order valence-corrected chi connectivity index (χ0v) is 14.1. The van der Waals surface area contributed by atoms with Crippen LogP contribution in [0.5, 0.6) is 11.6 Å². The SMILES string of the molecule is CSCC(=O)Nc1ccc(Oc2cc(C(F)(F)F)nc3ncnn23)cc1. The van der Waals surface area contributed by atoms with Crippen molar-refractivity contribution in [3.63, 3.8) is 0 Å². The van der Waals surface area contributed by atoms with E-state index in [0.717, 1.165) is 16.9 Å². The largest absolute Gasteiger partial charge is 0.439 e. The number of carbonyl (C=O) groups excluding carboxylic acids is 1. The highest BCUT2D eigenvalue weighted by atomic mass is 32.2. The van der Waals surface area contributed by atoms with E-state index in [0.29, 0.717) is 11.4 Å². The number of alkyl halides is 3. The summed E-state index contributed by atoms with van der Waals surface area (Å²) in [5.74, 6) is 0.0259. The van der Waals surface area contributed by atoms with Crippen LogP contribution in [0.1, 0.15) is 5.69 Å². The van der Waals surface area contributed by atoms with Crippen LogP contribution in [0.15, 0.2) is 36.7 Å². The van der Waals surface area contributed by atoms with Gasteiger partial charge in [0.05, 0.1) is 5.75 Å². The van der Waals surface area contributed by atoms with Crippen molar-refractivity contribution in [1.29, 1.82) is 0 Å². The van der Waals surface area contributed by atoms with Crippen LogP contribution in [0.4, 0.5) is 18.9 Å². The lowest BCUT2D eigenvalue weighted by Crippen LogP contribution is -2.13. The predicted octanol–water partition coefficient (Wildman–Crippen LogP) is 3.24. The molecule has 2 aromatic heterocycles. The number of thioether (sulfide) groups is 1. The topological polar surface area (TPSA) is 81.4 Å². The van der Waals surface area contributed by atoms with Crippen molar-refractivity contribution in [3.8, 4) is 11.6 Å². The summed E-state index contributed by atoms with van der Waals surface area (Å²) in [6, 6.07) is 6.95. The van der Waals surface area contributed by atoms with Gasteiger partial charge in [-0.1, -0.05) is 0 Å². The van der Waals surface area contributed by atoms with E-state index in [2.05, 4.69) is 20.4 Å². The highest BCUT2D eigenvalue weighted by molar-refractivity contribution is 7.99. The average Bonchev–Trinajstić information content (AvgIpc) is 3.05. The van der Waals surface area contributed by atoms with Gasteiger partial charge in [0.1, 0.15) is 12.1 Å². The monoisotopic (exact) mass is 383 g/mol. The molecule has 0 atom stereocenters. The number of halogens is 3. The minimum Gasteiger partial charge on any atom is -0.439 e. The van der Waals surface area contributed by atoms with Crippen molar-refractivity contribution < 1.29 is 22.7 Å². The van der Waals surface area contributed by atoms with E-state index in [-0.39, 0.29) is 23.3 Å². The third-order valence-electron chi connectivity index (χ3n) is 3.15. The van der Waals surface area contributed by atoms with Crippen molar-refractivity contribution in [1.82, 2.24) is 19.6 Å². The third kappa shape index (κ3) is 4.04. The summed E-state index contributed by atoms with van der Waals surface area (Å²) in [4.78, 5) is 18.6. The highest BCUT2D eigenvalue weighted by Crippen LogP contribution is 2.31. The lowest BCUT2D eigenvalue weighted by Gasteiger charge is -2.11. The number of hydrogen-bond acceptors (Lipinski definition) is 6. The molecular weight excluding hydrogens is 371 g/mol. The first-order valence-electron chi connectivity index (χ1n) is 7.21. The van der Waals surface area contributed by atoms with Crippen molar-refractivity contribution >= 4 is 29.1 Å². The summed E-state index contributed by atoms with van der Waals surface area (Å²) in [7, 11) is 0. The van der Waals surface area contributed by atoms with E-state index in [9.17, 15) is 18.0 Å². The van der Waals surface area contributed by atoms with E-state index < -0.39 is 11.9 Å². The van der Waals surface area contributed by atoms with Crippen molar-refractivity contribution in [2.75, 3.05) is 17.3 Å². The van der Waals surface area contributed by atoms with Gasteiger partial charge < -0.3 is 10.1 Å². The average molecular weight is 383 g/mol. The van der Waals surface area contributed by atoms with Gasteiger partial charge in [-0.25, -0.2) is 4.98 Å². The number of ether oxygens (including phenoxy) is 1. The minimum absolute atomic E-state index is 0.153. The maximum absolute atomic E-state index is 13.0. The molecule has 0 unspecified atom stereocenters. The Morgan fingerprint density at radius 3 is 2.69 bits per heavy atom. The van der Waals surface area contributed by atoms with Crippen LogP contribution in [0.25, 0.3) is 5.78 Å². The van der Waals surface area contributed by atoms with E-state index >= 15 is 0 Å². The molecule has 136 valence electrons. The number of carbonyl (C=O) groups is 1. The molecule has 11 heteroatoms. The second kappa shape index (κ2) is 7.20. The van der Waals surface area contributed by atoms with Gasteiger partial charge in [0.25, 0.3) is 5.78 Å². The van der Waals surface area contributed by atoms with Crippen LogP contribution in [0, 0.1) is 0 Å². The van der Waals surface area contributed by atoms with E-state index in [1.807, 2.05) is 6.26 Å². The molecule has 7 nitrogen and oxygen atoms in total. The molecule has 0 aliphatic heterocycles.